The molecule has 2 bridgehead atoms. The highest BCUT2D eigenvalue weighted by Crippen LogP contribution is 2.28. The number of fused-ring (bicyclic) bond motifs is 4. The van der Waals surface area contributed by atoms with Gasteiger partial charge in [-0.15, -0.1) is 0 Å². The normalized spacial score (nSPS) is 29.1. The SMILES string of the molecule is Cn1nc(CNC2CN3CCC2CC3)c2ccccc21. The van der Waals surface area contributed by atoms with Gasteiger partial charge in [0.25, 0.3) is 0 Å². The largest absolute Gasteiger partial charge is 0.307 e. The minimum Gasteiger partial charge on any atom is -0.307 e. The third-order valence-electron chi connectivity index (χ3n) is 5.02. The Balaban J connectivity index is 1.51. The summed E-state index contributed by atoms with van der Waals surface area (Å²) in [6, 6.07) is 9.14. The van der Waals surface area contributed by atoms with Gasteiger partial charge in [-0.3, -0.25) is 4.68 Å². The monoisotopic (exact) mass is 270 g/mol. The van der Waals surface area contributed by atoms with Gasteiger partial charge in [-0.25, -0.2) is 0 Å². The maximum absolute atomic E-state index is 4.68. The third kappa shape index (κ3) is 2.03. The summed E-state index contributed by atoms with van der Waals surface area (Å²) in [5.41, 5.74) is 2.40. The Kier molecular flexibility index (Phi) is 3.00. The molecule has 0 amide bonds. The van der Waals surface area contributed by atoms with E-state index in [2.05, 4.69) is 39.6 Å². The van der Waals surface area contributed by atoms with Gasteiger partial charge in [0, 0.05) is 31.6 Å². The van der Waals surface area contributed by atoms with Crippen LogP contribution in [0.5, 0.6) is 0 Å². The molecule has 4 heterocycles. The highest BCUT2D eigenvalue weighted by molar-refractivity contribution is 5.81. The fraction of sp³-hybridized carbons (Fsp3) is 0.562. The predicted molar refractivity (Wildman–Crippen MR) is 80.5 cm³/mol. The number of hydrogen-bond donors (Lipinski definition) is 1. The molecule has 0 radical (unpaired) electrons. The molecule has 1 atom stereocenters. The number of para-hydroxylation sites is 1. The molecular formula is C16H22N4. The maximum Gasteiger partial charge on any atom is 0.0841 e. The van der Waals surface area contributed by atoms with Crippen LogP contribution in [0, 0.1) is 5.92 Å². The second kappa shape index (κ2) is 4.86. The summed E-state index contributed by atoms with van der Waals surface area (Å²) in [5.74, 6) is 0.870. The van der Waals surface area contributed by atoms with Crippen molar-refractivity contribution in [2.24, 2.45) is 13.0 Å². The summed E-state index contributed by atoms with van der Waals surface area (Å²) in [5, 5.41) is 9.72. The van der Waals surface area contributed by atoms with Crippen molar-refractivity contribution in [3.8, 4) is 0 Å². The van der Waals surface area contributed by atoms with Gasteiger partial charge in [0.2, 0.25) is 0 Å². The Labute approximate surface area is 119 Å². The summed E-state index contributed by atoms with van der Waals surface area (Å²) >= 11 is 0. The lowest BCUT2D eigenvalue weighted by Crippen LogP contribution is -2.55. The number of nitrogens with one attached hydrogen (secondary N) is 1. The third-order valence-corrected chi connectivity index (χ3v) is 5.02. The molecule has 0 saturated carbocycles. The average molecular weight is 270 g/mol. The van der Waals surface area contributed by atoms with Crippen molar-refractivity contribution in [2.45, 2.75) is 25.4 Å². The lowest BCUT2D eigenvalue weighted by Gasteiger charge is -2.45. The van der Waals surface area contributed by atoms with Gasteiger partial charge in [-0.1, -0.05) is 18.2 Å². The van der Waals surface area contributed by atoms with Gasteiger partial charge in [0.15, 0.2) is 0 Å². The van der Waals surface area contributed by atoms with Crippen LogP contribution in [0.25, 0.3) is 10.9 Å². The molecule has 3 aliphatic heterocycles. The second-order valence-electron chi connectivity index (χ2n) is 6.21. The fourth-order valence-electron chi connectivity index (χ4n) is 3.84. The lowest BCUT2D eigenvalue weighted by atomic mass is 9.84. The zero-order valence-corrected chi connectivity index (χ0v) is 12.0. The molecule has 4 nitrogen and oxygen atoms in total. The van der Waals surface area contributed by atoms with E-state index < -0.39 is 0 Å². The molecule has 20 heavy (non-hydrogen) atoms. The molecule has 1 unspecified atom stereocenters. The number of aromatic nitrogens is 2. The Morgan fingerprint density at radius 1 is 1.25 bits per heavy atom. The quantitative estimate of drug-likeness (QED) is 0.922. The molecule has 0 spiro atoms. The van der Waals surface area contributed by atoms with Crippen molar-refractivity contribution >= 4 is 10.9 Å². The summed E-state index contributed by atoms with van der Waals surface area (Å²) in [7, 11) is 2.03. The van der Waals surface area contributed by atoms with E-state index in [1.54, 1.807) is 0 Å². The number of benzene rings is 1. The molecule has 106 valence electrons. The van der Waals surface area contributed by atoms with Gasteiger partial charge in [0.1, 0.15) is 0 Å². The fourth-order valence-corrected chi connectivity index (χ4v) is 3.84. The Hall–Kier alpha value is -1.39. The van der Waals surface area contributed by atoms with E-state index in [9.17, 15) is 0 Å². The first-order chi connectivity index (χ1) is 9.81. The van der Waals surface area contributed by atoms with Crippen molar-refractivity contribution in [3.05, 3.63) is 30.0 Å². The highest BCUT2D eigenvalue weighted by atomic mass is 15.3. The van der Waals surface area contributed by atoms with Crippen LogP contribution < -0.4 is 5.32 Å². The summed E-state index contributed by atoms with van der Waals surface area (Å²) in [6.45, 7) is 4.70. The van der Waals surface area contributed by atoms with Gasteiger partial charge in [-0.2, -0.15) is 5.10 Å². The molecule has 3 aliphatic rings. The molecule has 5 rings (SSSR count). The minimum atomic E-state index is 0.651. The van der Waals surface area contributed by atoms with Crippen LogP contribution in [-0.2, 0) is 13.6 Å². The molecule has 2 aromatic rings. The van der Waals surface area contributed by atoms with Crippen molar-refractivity contribution in [3.63, 3.8) is 0 Å². The van der Waals surface area contributed by atoms with E-state index in [1.807, 2.05) is 11.7 Å². The molecule has 0 aliphatic carbocycles. The van der Waals surface area contributed by atoms with E-state index in [1.165, 1.54) is 49.1 Å². The van der Waals surface area contributed by atoms with Crippen LogP contribution in [0.1, 0.15) is 18.5 Å². The van der Waals surface area contributed by atoms with Crippen molar-refractivity contribution in [1.82, 2.24) is 20.0 Å². The van der Waals surface area contributed by atoms with Gasteiger partial charge >= 0.3 is 0 Å². The first kappa shape index (κ1) is 12.4. The van der Waals surface area contributed by atoms with Gasteiger partial charge in [0.05, 0.1) is 11.2 Å². The van der Waals surface area contributed by atoms with Gasteiger partial charge < -0.3 is 10.2 Å². The van der Waals surface area contributed by atoms with E-state index in [0.717, 1.165) is 12.5 Å². The van der Waals surface area contributed by atoms with E-state index >= 15 is 0 Å². The van der Waals surface area contributed by atoms with Crippen LogP contribution >= 0.6 is 0 Å². The zero-order chi connectivity index (χ0) is 13.5. The van der Waals surface area contributed by atoms with Crippen molar-refractivity contribution in [1.29, 1.82) is 0 Å². The Morgan fingerprint density at radius 2 is 2.05 bits per heavy atom. The Bertz CT molecular complexity index is 610. The smallest absolute Gasteiger partial charge is 0.0841 e. The Morgan fingerprint density at radius 3 is 2.80 bits per heavy atom. The number of aryl methyl sites for hydroxylation is 1. The van der Waals surface area contributed by atoms with Crippen LogP contribution in [-0.4, -0.2) is 40.4 Å². The van der Waals surface area contributed by atoms with E-state index in [0.29, 0.717) is 6.04 Å². The van der Waals surface area contributed by atoms with Crippen molar-refractivity contribution in [2.75, 3.05) is 19.6 Å². The second-order valence-corrected chi connectivity index (χ2v) is 6.21. The number of rotatable bonds is 3. The molecular weight excluding hydrogens is 248 g/mol. The predicted octanol–water partition coefficient (Wildman–Crippen LogP) is 1.76. The number of nitrogens with zero attached hydrogens (tertiary/aromatic N) is 3. The summed E-state index contributed by atoms with van der Waals surface area (Å²) in [6.07, 6.45) is 2.72. The van der Waals surface area contributed by atoms with Crippen LogP contribution in [0.15, 0.2) is 24.3 Å². The maximum atomic E-state index is 4.68. The zero-order valence-electron chi connectivity index (χ0n) is 12.0. The van der Waals surface area contributed by atoms with Gasteiger partial charge in [-0.05, 0) is 37.9 Å². The minimum absolute atomic E-state index is 0.651. The number of hydrogen-bond acceptors (Lipinski definition) is 3. The van der Waals surface area contributed by atoms with Crippen LogP contribution in [0.2, 0.25) is 0 Å². The van der Waals surface area contributed by atoms with Crippen molar-refractivity contribution < 1.29 is 0 Å². The molecule has 3 saturated heterocycles. The summed E-state index contributed by atoms with van der Waals surface area (Å²) in [4.78, 5) is 2.59. The summed E-state index contributed by atoms with van der Waals surface area (Å²) < 4.78 is 1.99. The van der Waals surface area contributed by atoms with E-state index in [-0.39, 0.29) is 0 Å². The molecule has 1 aromatic carbocycles. The lowest BCUT2D eigenvalue weighted by molar-refractivity contribution is 0.0719. The molecule has 4 heteroatoms. The standard InChI is InChI=1S/C16H22N4/c1-19-16-5-3-2-4-13(16)14(18-19)10-17-15-11-20-8-6-12(15)7-9-20/h2-5,12,15,17H,6-11H2,1H3. The topological polar surface area (TPSA) is 33.1 Å². The van der Waals surface area contributed by atoms with E-state index in [4.69, 9.17) is 0 Å². The van der Waals surface area contributed by atoms with Crippen LogP contribution in [0.3, 0.4) is 0 Å². The molecule has 1 aromatic heterocycles. The molecule has 1 N–H and O–H groups in total. The first-order valence-electron chi connectivity index (χ1n) is 7.67. The first-order valence-corrected chi connectivity index (χ1v) is 7.67. The number of piperidine rings is 3. The van der Waals surface area contributed by atoms with Crippen LogP contribution in [0.4, 0.5) is 0 Å². The molecule has 3 fully saturated rings. The average Bonchev–Trinajstić information content (AvgIpc) is 2.83. The highest BCUT2D eigenvalue weighted by Gasteiger charge is 2.33.